The SMILES string of the molecule is COc1ccc(C(C)(C)CNc2nccs2)cc1OC. The number of methoxy groups -OCH3 is 2. The molecule has 0 amide bonds. The van der Waals surface area contributed by atoms with Crippen molar-refractivity contribution in [3.05, 3.63) is 35.3 Å². The average molecular weight is 292 g/mol. The van der Waals surface area contributed by atoms with Crippen LogP contribution in [0, 0.1) is 0 Å². The van der Waals surface area contributed by atoms with Crippen molar-refractivity contribution in [3.63, 3.8) is 0 Å². The smallest absolute Gasteiger partial charge is 0.182 e. The van der Waals surface area contributed by atoms with E-state index in [-0.39, 0.29) is 5.41 Å². The third-order valence-electron chi connectivity index (χ3n) is 3.28. The second-order valence-electron chi connectivity index (χ2n) is 5.14. The molecule has 0 aliphatic heterocycles. The quantitative estimate of drug-likeness (QED) is 0.884. The number of benzene rings is 1. The van der Waals surface area contributed by atoms with E-state index in [0.717, 1.165) is 23.2 Å². The average Bonchev–Trinajstić information content (AvgIpc) is 2.97. The maximum atomic E-state index is 5.37. The van der Waals surface area contributed by atoms with Crippen LogP contribution in [0.4, 0.5) is 5.13 Å². The summed E-state index contributed by atoms with van der Waals surface area (Å²) in [6.45, 7) is 5.18. The van der Waals surface area contributed by atoms with Crippen LogP contribution < -0.4 is 14.8 Å². The van der Waals surface area contributed by atoms with E-state index in [1.54, 1.807) is 31.8 Å². The lowest BCUT2D eigenvalue weighted by molar-refractivity contribution is 0.353. The van der Waals surface area contributed by atoms with Gasteiger partial charge in [-0.2, -0.15) is 0 Å². The summed E-state index contributed by atoms with van der Waals surface area (Å²) < 4.78 is 10.6. The molecule has 0 bridgehead atoms. The van der Waals surface area contributed by atoms with Crippen molar-refractivity contribution >= 4 is 16.5 Å². The van der Waals surface area contributed by atoms with Crippen LogP contribution in [0.5, 0.6) is 11.5 Å². The Bertz CT molecular complexity index is 553. The molecule has 0 aliphatic carbocycles. The molecule has 0 atom stereocenters. The molecule has 20 heavy (non-hydrogen) atoms. The first-order valence-corrected chi connectivity index (χ1v) is 7.30. The molecule has 0 saturated carbocycles. The lowest BCUT2D eigenvalue weighted by Gasteiger charge is -2.26. The molecule has 1 aromatic heterocycles. The van der Waals surface area contributed by atoms with Gasteiger partial charge in [-0.05, 0) is 17.7 Å². The molecule has 1 aromatic carbocycles. The number of nitrogens with one attached hydrogen (secondary N) is 1. The summed E-state index contributed by atoms with van der Waals surface area (Å²) in [5.41, 5.74) is 1.16. The van der Waals surface area contributed by atoms with Crippen LogP contribution in [0.1, 0.15) is 19.4 Å². The minimum Gasteiger partial charge on any atom is -0.493 e. The van der Waals surface area contributed by atoms with Gasteiger partial charge in [0.05, 0.1) is 14.2 Å². The highest BCUT2D eigenvalue weighted by Crippen LogP contribution is 2.33. The molecule has 5 heteroatoms. The molecular formula is C15H20N2O2S. The second kappa shape index (κ2) is 6.13. The van der Waals surface area contributed by atoms with E-state index in [1.807, 2.05) is 17.5 Å². The fraction of sp³-hybridized carbons (Fsp3) is 0.400. The largest absolute Gasteiger partial charge is 0.493 e. The van der Waals surface area contributed by atoms with Gasteiger partial charge in [-0.15, -0.1) is 11.3 Å². The van der Waals surface area contributed by atoms with E-state index in [1.165, 1.54) is 5.56 Å². The summed E-state index contributed by atoms with van der Waals surface area (Å²) in [4.78, 5) is 4.24. The molecule has 0 aliphatic rings. The highest BCUT2D eigenvalue weighted by molar-refractivity contribution is 7.13. The molecule has 0 saturated heterocycles. The van der Waals surface area contributed by atoms with Gasteiger partial charge in [-0.3, -0.25) is 0 Å². The maximum Gasteiger partial charge on any atom is 0.182 e. The Labute approximate surface area is 123 Å². The predicted octanol–water partition coefficient (Wildman–Crippen LogP) is 3.55. The molecule has 4 nitrogen and oxygen atoms in total. The maximum absolute atomic E-state index is 5.37. The van der Waals surface area contributed by atoms with Crippen LogP contribution in [-0.4, -0.2) is 25.7 Å². The minimum absolute atomic E-state index is 0.0365. The number of ether oxygens (including phenoxy) is 2. The van der Waals surface area contributed by atoms with Crippen LogP contribution in [0.25, 0.3) is 0 Å². The second-order valence-corrected chi connectivity index (χ2v) is 6.04. The molecule has 1 N–H and O–H groups in total. The van der Waals surface area contributed by atoms with E-state index in [9.17, 15) is 0 Å². The van der Waals surface area contributed by atoms with Gasteiger partial charge in [0.2, 0.25) is 0 Å². The number of aromatic nitrogens is 1. The van der Waals surface area contributed by atoms with Crippen LogP contribution in [0.2, 0.25) is 0 Å². The summed E-state index contributed by atoms with van der Waals surface area (Å²) in [5, 5.41) is 6.27. The standard InChI is InChI=1S/C15H20N2O2S/c1-15(2,10-17-14-16-7-8-20-14)11-5-6-12(18-3)13(9-11)19-4/h5-9H,10H2,1-4H3,(H,16,17). The number of thiazole rings is 1. The molecule has 0 unspecified atom stereocenters. The minimum atomic E-state index is -0.0365. The van der Waals surface area contributed by atoms with E-state index in [0.29, 0.717) is 0 Å². The molecule has 2 aromatic rings. The van der Waals surface area contributed by atoms with Crippen LogP contribution in [-0.2, 0) is 5.41 Å². The summed E-state index contributed by atoms with van der Waals surface area (Å²) in [5.74, 6) is 1.51. The zero-order chi connectivity index (χ0) is 14.6. The molecule has 108 valence electrons. The highest BCUT2D eigenvalue weighted by atomic mass is 32.1. The number of hydrogen-bond acceptors (Lipinski definition) is 5. The van der Waals surface area contributed by atoms with Gasteiger partial charge in [0.15, 0.2) is 16.6 Å². The summed E-state index contributed by atoms with van der Waals surface area (Å²) in [6, 6.07) is 6.05. The van der Waals surface area contributed by atoms with Crippen molar-refractivity contribution in [3.8, 4) is 11.5 Å². The fourth-order valence-corrected chi connectivity index (χ4v) is 2.49. The summed E-state index contributed by atoms with van der Waals surface area (Å²) in [6.07, 6.45) is 1.80. The topological polar surface area (TPSA) is 43.4 Å². The van der Waals surface area contributed by atoms with E-state index in [4.69, 9.17) is 9.47 Å². The third-order valence-corrected chi connectivity index (χ3v) is 4.01. The zero-order valence-corrected chi connectivity index (χ0v) is 13.1. The van der Waals surface area contributed by atoms with Gasteiger partial charge >= 0.3 is 0 Å². The van der Waals surface area contributed by atoms with Gasteiger partial charge in [0, 0.05) is 23.5 Å². The molecule has 2 rings (SSSR count). The van der Waals surface area contributed by atoms with Crippen molar-refractivity contribution < 1.29 is 9.47 Å². The van der Waals surface area contributed by atoms with Gasteiger partial charge in [-0.1, -0.05) is 19.9 Å². The Kier molecular flexibility index (Phi) is 4.49. The first-order chi connectivity index (χ1) is 9.56. The Morgan fingerprint density at radius 1 is 1.20 bits per heavy atom. The van der Waals surface area contributed by atoms with Gasteiger partial charge < -0.3 is 14.8 Å². The monoisotopic (exact) mass is 292 g/mol. The third kappa shape index (κ3) is 3.22. The van der Waals surface area contributed by atoms with E-state index < -0.39 is 0 Å². The van der Waals surface area contributed by atoms with Crippen LogP contribution in [0.15, 0.2) is 29.8 Å². The van der Waals surface area contributed by atoms with Gasteiger partial charge in [0.25, 0.3) is 0 Å². The summed E-state index contributed by atoms with van der Waals surface area (Å²) in [7, 11) is 3.30. The van der Waals surface area contributed by atoms with Gasteiger partial charge in [0.1, 0.15) is 0 Å². The predicted molar refractivity (Wildman–Crippen MR) is 83.2 cm³/mol. The van der Waals surface area contributed by atoms with Crippen molar-refractivity contribution in [2.45, 2.75) is 19.3 Å². The van der Waals surface area contributed by atoms with Crippen molar-refractivity contribution in [2.24, 2.45) is 0 Å². The van der Waals surface area contributed by atoms with Crippen molar-refractivity contribution in [2.75, 3.05) is 26.1 Å². The highest BCUT2D eigenvalue weighted by Gasteiger charge is 2.22. The molecule has 0 spiro atoms. The van der Waals surface area contributed by atoms with Crippen LogP contribution in [0.3, 0.4) is 0 Å². The lowest BCUT2D eigenvalue weighted by Crippen LogP contribution is -2.27. The fourth-order valence-electron chi connectivity index (χ4n) is 1.97. The molecule has 0 fully saturated rings. The Balaban J connectivity index is 2.15. The van der Waals surface area contributed by atoms with Crippen molar-refractivity contribution in [1.82, 2.24) is 4.98 Å². The summed E-state index contributed by atoms with van der Waals surface area (Å²) >= 11 is 1.61. The molecule has 1 heterocycles. The Morgan fingerprint density at radius 2 is 1.95 bits per heavy atom. The number of hydrogen-bond donors (Lipinski definition) is 1. The van der Waals surface area contributed by atoms with E-state index >= 15 is 0 Å². The Hall–Kier alpha value is -1.75. The first-order valence-electron chi connectivity index (χ1n) is 6.42. The number of nitrogens with zero attached hydrogens (tertiary/aromatic N) is 1. The normalized spacial score (nSPS) is 11.2. The lowest BCUT2D eigenvalue weighted by atomic mass is 9.84. The van der Waals surface area contributed by atoms with Gasteiger partial charge in [-0.25, -0.2) is 4.98 Å². The van der Waals surface area contributed by atoms with Crippen LogP contribution >= 0.6 is 11.3 Å². The first kappa shape index (κ1) is 14.7. The van der Waals surface area contributed by atoms with Crippen molar-refractivity contribution in [1.29, 1.82) is 0 Å². The molecular weight excluding hydrogens is 272 g/mol. The number of anilines is 1. The zero-order valence-electron chi connectivity index (χ0n) is 12.3. The Morgan fingerprint density at radius 3 is 2.55 bits per heavy atom. The molecule has 0 radical (unpaired) electrons. The number of rotatable bonds is 6. The van der Waals surface area contributed by atoms with E-state index in [2.05, 4.69) is 30.2 Å².